The van der Waals surface area contributed by atoms with E-state index in [4.69, 9.17) is 9.47 Å². The predicted molar refractivity (Wildman–Crippen MR) is 63.0 cm³/mol. The Balaban J connectivity index is 3.35. The van der Waals surface area contributed by atoms with Crippen molar-refractivity contribution in [3.05, 3.63) is 11.6 Å². The average molecular weight is 254 g/mol. The predicted octanol–water partition coefficient (Wildman–Crippen LogP) is 0.844. The molecular formula is C11H14N2O5. The Kier molecular flexibility index (Phi) is 4.47. The Morgan fingerprint density at radius 1 is 1.22 bits per heavy atom. The summed E-state index contributed by atoms with van der Waals surface area (Å²) >= 11 is 0. The molecular weight excluding hydrogens is 240 g/mol. The molecule has 0 atom stereocenters. The van der Waals surface area contributed by atoms with Gasteiger partial charge in [-0.05, 0) is 0 Å². The van der Waals surface area contributed by atoms with Crippen LogP contribution in [0.3, 0.4) is 0 Å². The monoisotopic (exact) mass is 254 g/mol. The van der Waals surface area contributed by atoms with Crippen molar-refractivity contribution in [1.82, 2.24) is 4.98 Å². The van der Waals surface area contributed by atoms with Gasteiger partial charge in [-0.3, -0.25) is 4.79 Å². The molecule has 0 bridgehead atoms. The molecule has 98 valence electrons. The fourth-order valence-corrected chi connectivity index (χ4v) is 1.30. The first-order chi connectivity index (χ1) is 8.53. The number of hydrogen-bond acceptors (Lipinski definition) is 6. The summed E-state index contributed by atoms with van der Waals surface area (Å²) in [4.78, 5) is 26.6. The number of rotatable bonds is 4. The van der Waals surface area contributed by atoms with Crippen LogP contribution in [0.4, 0.5) is 5.82 Å². The van der Waals surface area contributed by atoms with Crippen molar-refractivity contribution in [3.8, 4) is 11.6 Å². The topological polar surface area (TPSA) is 86.8 Å². The van der Waals surface area contributed by atoms with Crippen LogP contribution in [0.15, 0.2) is 6.07 Å². The smallest absolute Gasteiger partial charge is 0.341 e. The second-order valence-electron chi connectivity index (χ2n) is 3.27. The Bertz CT molecular complexity index is 473. The van der Waals surface area contributed by atoms with Gasteiger partial charge in [0.25, 0.3) is 5.88 Å². The van der Waals surface area contributed by atoms with Gasteiger partial charge in [-0.2, -0.15) is 4.98 Å². The van der Waals surface area contributed by atoms with Crippen molar-refractivity contribution >= 4 is 17.7 Å². The number of ether oxygens (including phenoxy) is 3. The van der Waals surface area contributed by atoms with Gasteiger partial charge in [0.15, 0.2) is 11.6 Å². The summed E-state index contributed by atoms with van der Waals surface area (Å²) in [6, 6.07) is 1.39. The van der Waals surface area contributed by atoms with E-state index in [1.165, 1.54) is 34.3 Å². The van der Waals surface area contributed by atoms with Gasteiger partial charge >= 0.3 is 5.97 Å². The number of esters is 1. The fraction of sp³-hybridized carbons (Fsp3) is 0.364. The molecule has 0 aliphatic carbocycles. The third kappa shape index (κ3) is 2.88. The Hall–Kier alpha value is -2.31. The van der Waals surface area contributed by atoms with E-state index in [0.717, 1.165) is 0 Å². The first kappa shape index (κ1) is 13.8. The molecule has 0 saturated heterocycles. The minimum Gasteiger partial charge on any atom is -0.491 e. The number of carbonyl (C=O) groups excluding carboxylic acids is 2. The standard InChI is InChI=1S/C11H14N2O5/c1-6(14)12-9-7(11(15)18-4)5-8(16-2)10(13-9)17-3/h5H,1-4H3,(H,12,13,14). The number of carbonyl (C=O) groups is 2. The number of anilines is 1. The molecule has 1 N–H and O–H groups in total. The van der Waals surface area contributed by atoms with Crippen LogP contribution in [-0.2, 0) is 9.53 Å². The van der Waals surface area contributed by atoms with Gasteiger partial charge in [0.1, 0.15) is 5.56 Å². The molecule has 1 aromatic heterocycles. The number of pyridine rings is 1. The number of aromatic nitrogens is 1. The molecule has 1 rings (SSSR count). The van der Waals surface area contributed by atoms with Crippen molar-refractivity contribution in [3.63, 3.8) is 0 Å². The number of amides is 1. The summed E-state index contributed by atoms with van der Waals surface area (Å²) in [5.74, 6) is -0.500. The van der Waals surface area contributed by atoms with Crippen molar-refractivity contribution in [1.29, 1.82) is 0 Å². The van der Waals surface area contributed by atoms with Gasteiger partial charge in [-0.25, -0.2) is 4.79 Å². The molecule has 0 aliphatic heterocycles. The van der Waals surface area contributed by atoms with Crippen LogP contribution in [0.5, 0.6) is 11.6 Å². The van der Waals surface area contributed by atoms with Crippen LogP contribution < -0.4 is 14.8 Å². The molecule has 0 radical (unpaired) electrons. The van der Waals surface area contributed by atoms with E-state index in [-0.39, 0.29) is 28.9 Å². The van der Waals surface area contributed by atoms with Gasteiger partial charge in [0.05, 0.1) is 21.3 Å². The molecule has 0 aromatic carbocycles. The van der Waals surface area contributed by atoms with Crippen molar-refractivity contribution in [2.24, 2.45) is 0 Å². The van der Waals surface area contributed by atoms with Crippen LogP contribution in [0.2, 0.25) is 0 Å². The number of methoxy groups -OCH3 is 3. The van der Waals surface area contributed by atoms with Crippen LogP contribution in [-0.4, -0.2) is 38.2 Å². The lowest BCUT2D eigenvalue weighted by Crippen LogP contribution is -2.14. The van der Waals surface area contributed by atoms with Gasteiger partial charge < -0.3 is 19.5 Å². The summed E-state index contributed by atoms with van der Waals surface area (Å²) in [5, 5.41) is 2.43. The van der Waals surface area contributed by atoms with Gasteiger partial charge in [-0.1, -0.05) is 0 Å². The Morgan fingerprint density at radius 2 is 1.89 bits per heavy atom. The van der Waals surface area contributed by atoms with E-state index in [1.807, 2.05) is 0 Å². The third-order valence-electron chi connectivity index (χ3n) is 2.07. The SMILES string of the molecule is COC(=O)c1cc(OC)c(OC)nc1NC(C)=O. The van der Waals surface area contributed by atoms with E-state index in [0.29, 0.717) is 0 Å². The zero-order chi connectivity index (χ0) is 13.7. The fourth-order valence-electron chi connectivity index (χ4n) is 1.30. The van der Waals surface area contributed by atoms with Crippen LogP contribution in [0.1, 0.15) is 17.3 Å². The first-order valence-corrected chi connectivity index (χ1v) is 5.02. The maximum atomic E-state index is 11.6. The lowest BCUT2D eigenvalue weighted by atomic mass is 10.2. The molecule has 0 aliphatic rings. The molecule has 7 nitrogen and oxygen atoms in total. The average Bonchev–Trinajstić information content (AvgIpc) is 2.36. The van der Waals surface area contributed by atoms with Crippen LogP contribution in [0.25, 0.3) is 0 Å². The maximum Gasteiger partial charge on any atom is 0.341 e. The van der Waals surface area contributed by atoms with Gasteiger partial charge in [0.2, 0.25) is 5.91 Å². The zero-order valence-corrected chi connectivity index (χ0v) is 10.6. The van der Waals surface area contributed by atoms with Crippen molar-refractivity contribution in [2.75, 3.05) is 26.6 Å². The molecule has 0 unspecified atom stereocenters. The highest BCUT2D eigenvalue weighted by Crippen LogP contribution is 2.29. The molecule has 7 heteroatoms. The van der Waals surface area contributed by atoms with Gasteiger partial charge in [-0.15, -0.1) is 0 Å². The normalized spacial score (nSPS) is 9.56. The molecule has 1 heterocycles. The highest BCUT2D eigenvalue weighted by Gasteiger charge is 2.19. The van der Waals surface area contributed by atoms with E-state index < -0.39 is 5.97 Å². The number of hydrogen-bond donors (Lipinski definition) is 1. The Morgan fingerprint density at radius 3 is 2.33 bits per heavy atom. The maximum absolute atomic E-state index is 11.6. The molecule has 0 saturated carbocycles. The number of nitrogens with one attached hydrogen (secondary N) is 1. The van der Waals surface area contributed by atoms with Crippen LogP contribution >= 0.6 is 0 Å². The minimum atomic E-state index is -0.632. The molecule has 0 spiro atoms. The summed E-state index contributed by atoms with van der Waals surface area (Å²) < 4.78 is 14.6. The van der Waals surface area contributed by atoms with E-state index >= 15 is 0 Å². The second kappa shape index (κ2) is 5.85. The highest BCUT2D eigenvalue weighted by atomic mass is 16.5. The molecule has 1 amide bonds. The summed E-state index contributed by atoms with van der Waals surface area (Å²) in [6.07, 6.45) is 0. The number of nitrogens with zero attached hydrogens (tertiary/aromatic N) is 1. The lowest BCUT2D eigenvalue weighted by Gasteiger charge is -2.12. The van der Waals surface area contributed by atoms with E-state index in [2.05, 4.69) is 15.0 Å². The van der Waals surface area contributed by atoms with E-state index in [1.54, 1.807) is 0 Å². The lowest BCUT2D eigenvalue weighted by molar-refractivity contribution is -0.114. The van der Waals surface area contributed by atoms with Crippen molar-refractivity contribution < 1.29 is 23.8 Å². The summed E-state index contributed by atoms with van der Waals surface area (Å²) in [7, 11) is 4.05. The highest BCUT2D eigenvalue weighted by molar-refractivity contribution is 6.00. The first-order valence-electron chi connectivity index (χ1n) is 5.02. The molecule has 18 heavy (non-hydrogen) atoms. The molecule has 1 aromatic rings. The largest absolute Gasteiger partial charge is 0.491 e. The van der Waals surface area contributed by atoms with Crippen LogP contribution in [0, 0.1) is 0 Å². The second-order valence-corrected chi connectivity index (χ2v) is 3.27. The molecule has 0 fully saturated rings. The zero-order valence-electron chi connectivity index (χ0n) is 10.6. The van der Waals surface area contributed by atoms with Gasteiger partial charge in [0, 0.05) is 13.0 Å². The summed E-state index contributed by atoms with van der Waals surface area (Å²) in [5.41, 5.74) is 0.0883. The minimum absolute atomic E-state index is 0.0620. The Labute approximate surface area is 104 Å². The third-order valence-corrected chi connectivity index (χ3v) is 2.07. The quantitative estimate of drug-likeness (QED) is 0.801. The van der Waals surface area contributed by atoms with E-state index in [9.17, 15) is 9.59 Å². The summed E-state index contributed by atoms with van der Waals surface area (Å²) in [6.45, 7) is 1.31. The van der Waals surface area contributed by atoms with Crippen molar-refractivity contribution in [2.45, 2.75) is 6.92 Å².